The minimum Gasteiger partial charge on any atom is -0.357 e. The van der Waals surface area contributed by atoms with Crippen LogP contribution >= 0.6 is 24.0 Å². The number of nitrogens with zero attached hydrogens (tertiary/aromatic N) is 3. The SMILES string of the molecule is CCCCCC(C)NC(=NCCCn1nc(C)cc1C)NCC.I. The van der Waals surface area contributed by atoms with Crippen LogP contribution in [-0.2, 0) is 6.54 Å². The second-order valence-electron chi connectivity index (χ2n) is 6.31. The molecule has 24 heavy (non-hydrogen) atoms. The molecule has 0 aliphatic carbocycles. The van der Waals surface area contributed by atoms with Crippen molar-refractivity contribution in [1.82, 2.24) is 20.4 Å². The van der Waals surface area contributed by atoms with E-state index in [-0.39, 0.29) is 24.0 Å². The average molecular weight is 449 g/mol. The number of rotatable bonds is 10. The highest BCUT2D eigenvalue weighted by atomic mass is 127. The Kier molecular flexibility index (Phi) is 13.1. The predicted octanol–water partition coefficient (Wildman–Crippen LogP) is 4.03. The van der Waals surface area contributed by atoms with Gasteiger partial charge in [-0.15, -0.1) is 24.0 Å². The van der Waals surface area contributed by atoms with Gasteiger partial charge in [0.1, 0.15) is 0 Å². The number of unbranched alkanes of at least 4 members (excludes halogenated alkanes) is 2. The maximum atomic E-state index is 4.69. The second kappa shape index (κ2) is 13.5. The Labute approximate surface area is 165 Å². The zero-order valence-corrected chi connectivity index (χ0v) is 18.4. The van der Waals surface area contributed by atoms with Gasteiger partial charge in [0.25, 0.3) is 0 Å². The van der Waals surface area contributed by atoms with Gasteiger partial charge < -0.3 is 10.6 Å². The molecule has 1 aromatic heterocycles. The van der Waals surface area contributed by atoms with Crippen molar-refractivity contribution in [2.24, 2.45) is 4.99 Å². The summed E-state index contributed by atoms with van der Waals surface area (Å²) in [5.41, 5.74) is 2.31. The maximum absolute atomic E-state index is 4.69. The zero-order chi connectivity index (χ0) is 17.1. The van der Waals surface area contributed by atoms with Crippen molar-refractivity contribution in [2.75, 3.05) is 13.1 Å². The first-order valence-electron chi connectivity index (χ1n) is 9.12. The van der Waals surface area contributed by atoms with Gasteiger partial charge in [-0.05, 0) is 46.6 Å². The maximum Gasteiger partial charge on any atom is 0.191 e. The summed E-state index contributed by atoms with van der Waals surface area (Å²) in [6, 6.07) is 2.59. The van der Waals surface area contributed by atoms with Crippen molar-refractivity contribution in [3.8, 4) is 0 Å². The predicted molar refractivity (Wildman–Crippen MR) is 114 cm³/mol. The molecular formula is C18H36IN5. The van der Waals surface area contributed by atoms with Crippen LogP contribution in [0.3, 0.4) is 0 Å². The van der Waals surface area contributed by atoms with Gasteiger partial charge in [0.05, 0.1) is 5.69 Å². The molecule has 1 aromatic rings. The summed E-state index contributed by atoms with van der Waals surface area (Å²) in [5, 5.41) is 11.3. The highest BCUT2D eigenvalue weighted by Crippen LogP contribution is 2.04. The lowest BCUT2D eigenvalue weighted by atomic mass is 10.1. The molecule has 1 heterocycles. The van der Waals surface area contributed by atoms with Crippen molar-refractivity contribution in [2.45, 2.75) is 79.3 Å². The Morgan fingerprint density at radius 3 is 2.58 bits per heavy atom. The standard InChI is InChI=1S/C18H35N5.HI/c1-6-8-9-11-15(3)21-18(19-7-2)20-12-10-13-23-17(5)14-16(4)22-23;/h14-15H,6-13H2,1-5H3,(H2,19,20,21);1H. The number of hydrogen-bond donors (Lipinski definition) is 2. The normalized spacial score (nSPS) is 12.6. The Bertz CT molecular complexity index is 470. The highest BCUT2D eigenvalue weighted by molar-refractivity contribution is 14.0. The first-order chi connectivity index (χ1) is 11.1. The molecule has 0 saturated heterocycles. The zero-order valence-electron chi connectivity index (χ0n) is 16.1. The molecular weight excluding hydrogens is 413 g/mol. The van der Waals surface area contributed by atoms with Crippen molar-refractivity contribution >= 4 is 29.9 Å². The molecule has 0 radical (unpaired) electrons. The molecule has 0 fully saturated rings. The molecule has 0 aromatic carbocycles. The lowest BCUT2D eigenvalue weighted by Crippen LogP contribution is -2.42. The fourth-order valence-corrected chi connectivity index (χ4v) is 2.64. The van der Waals surface area contributed by atoms with Crippen molar-refractivity contribution in [1.29, 1.82) is 0 Å². The first kappa shape index (κ1) is 23.2. The van der Waals surface area contributed by atoms with Crippen LogP contribution in [0.4, 0.5) is 0 Å². The van der Waals surface area contributed by atoms with Crippen LogP contribution in [0.2, 0.25) is 0 Å². The summed E-state index contributed by atoms with van der Waals surface area (Å²) >= 11 is 0. The fraction of sp³-hybridized carbons (Fsp3) is 0.778. The Hall–Kier alpha value is -0.790. The lowest BCUT2D eigenvalue weighted by Gasteiger charge is -2.17. The monoisotopic (exact) mass is 449 g/mol. The quantitative estimate of drug-likeness (QED) is 0.246. The number of guanidine groups is 1. The van der Waals surface area contributed by atoms with Gasteiger partial charge in [0.15, 0.2) is 5.96 Å². The Morgan fingerprint density at radius 1 is 1.25 bits per heavy atom. The first-order valence-corrected chi connectivity index (χ1v) is 9.12. The summed E-state index contributed by atoms with van der Waals surface area (Å²) in [6.07, 6.45) is 6.06. The van der Waals surface area contributed by atoms with Crippen LogP contribution in [0.1, 0.15) is 64.3 Å². The third-order valence-corrected chi connectivity index (χ3v) is 3.87. The third kappa shape index (κ3) is 9.49. The number of hydrogen-bond acceptors (Lipinski definition) is 2. The van der Waals surface area contributed by atoms with Gasteiger partial charge in [-0.3, -0.25) is 9.67 Å². The highest BCUT2D eigenvalue weighted by Gasteiger charge is 2.05. The van der Waals surface area contributed by atoms with E-state index in [0.717, 1.165) is 37.7 Å². The number of halogens is 1. The Morgan fingerprint density at radius 2 is 2.00 bits per heavy atom. The van der Waals surface area contributed by atoms with E-state index in [2.05, 4.69) is 59.2 Å². The summed E-state index contributed by atoms with van der Waals surface area (Å²) in [4.78, 5) is 4.69. The fourth-order valence-electron chi connectivity index (χ4n) is 2.64. The van der Waals surface area contributed by atoms with Gasteiger partial charge in [0.2, 0.25) is 0 Å². The van der Waals surface area contributed by atoms with Crippen LogP contribution < -0.4 is 10.6 Å². The smallest absolute Gasteiger partial charge is 0.191 e. The lowest BCUT2D eigenvalue weighted by molar-refractivity contribution is 0.543. The average Bonchev–Trinajstić information content (AvgIpc) is 2.82. The summed E-state index contributed by atoms with van der Waals surface area (Å²) in [5.74, 6) is 0.935. The van der Waals surface area contributed by atoms with E-state index in [1.165, 1.54) is 31.4 Å². The van der Waals surface area contributed by atoms with E-state index in [4.69, 9.17) is 0 Å². The summed E-state index contributed by atoms with van der Waals surface area (Å²) in [7, 11) is 0. The number of aryl methyl sites for hydroxylation is 3. The van der Waals surface area contributed by atoms with Crippen LogP contribution in [-0.4, -0.2) is 34.9 Å². The molecule has 5 nitrogen and oxygen atoms in total. The topological polar surface area (TPSA) is 54.2 Å². The van der Waals surface area contributed by atoms with Gasteiger partial charge in [-0.2, -0.15) is 5.10 Å². The van der Waals surface area contributed by atoms with Gasteiger partial charge in [0, 0.05) is 31.4 Å². The number of aromatic nitrogens is 2. The molecule has 2 N–H and O–H groups in total. The van der Waals surface area contributed by atoms with E-state index in [1.54, 1.807) is 0 Å². The molecule has 1 unspecified atom stereocenters. The van der Waals surface area contributed by atoms with E-state index < -0.39 is 0 Å². The molecule has 0 spiro atoms. The van der Waals surface area contributed by atoms with Crippen LogP contribution in [0.15, 0.2) is 11.1 Å². The summed E-state index contributed by atoms with van der Waals surface area (Å²) < 4.78 is 2.07. The van der Waals surface area contributed by atoms with Gasteiger partial charge >= 0.3 is 0 Å². The summed E-state index contributed by atoms with van der Waals surface area (Å²) in [6.45, 7) is 13.4. The molecule has 0 aliphatic rings. The minimum atomic E-state index is 0. The Balaban J connectivity index is 0.00000529. The third-order valence-electron chi connectivity index (χ3n) is 3.87. The molecule has 0 bridgehead atoms. The van der Waals surface area contributed by atoms with E-state index in [0.29, 0.717) is 6.04 Å². The molecule has 0 aliphatic heterocycles. The van der Waals surface area contributed by atoms with Crippen LogP contribution in [0.25, 0.3) is 0 Å². The van der Waals surface area contributed by atoms with Gasteiger partial charge in [-0.1, -0.05) is 26.2 Å². The van der Waals surface area contributed by atoms with Crippen molar-refractivity contribution in [3.63, 3.8) is 0 Å². The number of nitrogens with one attached hydrogen (secondary N) is 2. The minimum absolute atomic E-state index is 0. The van der Waals surface area contributed by atoms with Crippen molar-refractivity contribution in [3.05, 3.63) is 17.5 Å². The molecule has 0 amide bonds. The largest absolute Gasteiger partial charge is 0.357 e. The van der Waals surface area contributed by atoms with E-state index >= 15 is 0 Å². The van der Waals surface area contributed by atoms with E-state index in [1.807, 2.05) is 6.92 Å². The van der Waals surface area contributed by atoms with Crippen LogP contribution in [0, 0.1) is 13.8 Å². The van der Waals surface area contributed by atoms with Gasteiger partial charge in [-0.25, -0.2) is 0 Å². The number of aliphatic imine (C=N–C) groups is 1. The molecule has 0 saturated carbocycles. The molecule has 140 valence electrons. The van der Waals surface area contributed by atoms with Crippen molar-refractivity contribution < 1.29 is 0 Å². The molecule has 1 atom stereocenters. The second-order valence-corrected chi connectivity index (χ2v) is 6.31. The van der Waals surface area contributed by atoms with Crippen LogP contribution in [0.5, 0.6) is 0 Å². The van der Waals surface area contributed by atoms with E-state index in [9.17, 15) is 0 Å². The molecule has 6 heteroatoms. The molecule has 1 rings (SSSR count).